The molecule has 1 aromatic carbocycles. The van der Waals surface area contributed by atoms with E-state index in [1.165, 1.54) is 0 Å². The van der Waals surface area contributed by atoms with Crippen molar-refractivity contribution >= 4 is 11.7 Å². The van der Waals surface area contributed by atoms with Gasteiger partial charge in [0.2, 0.25) is 0 Å². The van der Waals surface area contributed by atoms with Crippen LogP contribution in [0.5, 0.6) is 0 Å². The molecule has 0 amide bonds. The second-order valence-electron chi connectivity index (χ2n) is 4.53. The average molecular weight is 291 g/mol. The molecule has 0 aliphatic heterocycles. The minimum atomic E-state index is -0.829. The number of terminal acetylenes is 1. The van der Waals surface area contributed by atoms with Gasteiger partial charge in [-0.1, -0.05) is 18.1 Å². The average Bonchev–Trinajstić information content (AvgIpc) is 2.45. The maximum atomic E-state index is 10.7. The lowest BCUT2D eigenvalue weighted by Crippen LogP contribution is -2.23. The van der Waals surface area contributed by atoms with Crippen LogP contribution in [0.2, 0.25) is 0 Å². The fraction of sp³-hybridized carbons (Fsp3) is 0.438. The Morgan fingerprint density at radius 3 is 2.81 bits per heavy atom. The summed E-state index contributed by atoms with van der Waals surface area (Å²) in [6.07, 6.45) is 5.09. The number of benzene rings is 1. The second-order valence-corrected chi connectivity index (χ2v) is 4.53. The van der Waals surface area contributed by atoms with Gasteiger partial charge in [-0.25, -0.2) is 0 Å². The first-order chi connectivity index (χ1) is 10.1. The lowest BCUT2D eigenvalue weighted by Gasteiger charge is -2.19. The van der Waals surface area contributed by atoms with Crippen LogP contribution in [0.25, 0.3) is 0 Å². The Labute approximate surface area is 125 Å². The maximum absolute atomic E-state index is 10.7. The highest BCUT2D eigenvalue weighted by molar-refractivity contribution is 5.70. The quantitative estimate of drug-likeness (QED) is 0.522. The molecule has 0 atom stereocenters. The van der Waals surface area contributed by atoms with Gasteiger partial charge in [0.25, 0.3) is 0 Å². The number of likely N-dealkylation sites (N-methyl/N-ethyl adjacent to an activating group) is 1. The van der Waals surface area contributed by atoms with Crippen molar-refractivity contribution in [2.24, 2.45) is 0 Å². The summed E-state index contributed by atoms with van der Waals surface area (Å²) in [5.74, 6) is 1.56. The van der Waals surface area contributed by atoms with Gasteiger partial charge < -0.3 is 19.5 Å². The number of anilines is 1. The monoisotopic (exact) mass is 291 g/mol. The second kappa shape index (κ2) is 9.81. The molecule has 0 bridgehead atoms. The molecule has 0 aliphatic rings. The maximum Gasteiger partial charge on any atom is 0.307 e. The smallest absolute Gasteiger partial charge is 0.307 e. The predicted molar refractivity (Wildman–Crippen MR) is 81.5 cm³/mol. The van der Waals surface area contributed by atoms with Gasteiger partial charge in [0.1, 0.15) is 6.61 Å². The molecule has 1 aromatic rings. The van der Waals surface area contributed by atoms with Gasteiger partial charge in [0.15, 0.2) is 0 Å². The Bertz CT molecular complexity index is 481. The lowest BCUT2D eigenvalue weighted by atomic mass is 10.1. The van der Waals surface area contributed by atoms with Crippen LogP contribution < -0.4 is 4.90 Å². The van der Waals surface area contributed by atoms with Crippen molar-refractivity contribution < 1.29 is 19.4 Å². The van der Waals surface area contributed by atoms with Gasteiger partial charge in [-0.3, -0.25) is 4.79 Å². The molecule has 0 radical (unpaired) electrons. The molecule has 114 valence electrons. The molecule has 0 aromatic heterocycles. The van der Waals surface area contributed by atoms with Crippen molar-refractivity contribution in [3.8, 4) is 12.3 Å². The minimum Gasteiger partial charge on any atom is -0.481 e. The summed E-state index contributed by atoms with van der Waals surface area (Å²) in [5.41, 5.74) is 1.76. The van der Waals surface area contributed by atoms with Gasteiger partial charge >= 0.3 is 5.97 Å². The summed E-state index contributed by atoms with van der Waals surface area (Å²) >= 11 is 0. The molecule has 1 rings (SSSR count). The van der Waals surface area contributed by atoms with Crippen molar-refractivity contribution in [2.75, 3.05) is 44.9 Å². The first-order valence-corrected chi connectivity index (χ1v) is 6.74. The standard InChI is InChI=1S/C16H21NO4/c1-3-8-20-10-11-21-9-7-17(2)15-6-4-5-14(12-15)13-16(18)19/h1,4-6,12H,7-11,13H2,2H3,(H,18,19). The zero-order chi connectivity index (χ0) is 15.5. The van der Waals surface area contributed by atoms with E-state index in [0.29, 0.717) is 33.0 Å². The molecule has 0 saturated heterocycles. The molecule has 1 N–H and O–H groups in total. The molecule has 0 heterocycles. The summed E-state index contributed by atoms with van der Waals surface area (Å²) < 4.78 is 10.5. The number of nitrogens with zero attached hydrogens (tertiary/aromatic N) is 1. The highest BCUT2D eigenvalue weighted by atomic mass is 16.5. The van der Waals surface area contributed by atoms with Crippen molar-refractivity contribution in [3.63, 3.8) is 0 Å². The summed E-state index contributed by atoms with van der Waals surface area (Å²) in [5, 5.41) is 8.80. The largest absolute Gasteiger partial charge is 0.481 e. The SMILES string of the molecule is C#CCOCCOCCN(C)c1cccc(CC(=O)O)c1. The molecule has 5 nitrogen and oxygen atoms in total. The van der Waals surface area contributed by atoms with Crippen molar-refractivity contribution in [1.29, 1.82) is 0 Å². The molecule has 0 spiro atoms. The van der Waals surface area contributed by atoms with E-state index < -0.39 is 5.97 Å². The zero-order valence-electron chi connectivity index (χ0n) is 12.2. The van der Waals surface area contributed by atoms with Crippen LogP contribution in [0.1, 0.15) is 5.56 Å². The van der Waals surface area contributed by atoms with Crippen molar-refractivity contribution in [3.05, 3.63) is 29.8 Å². The van der Waals surface area contributed by atoms with E-state index in [-0.39, 0.29) is 6.42 Å². The molecule has 0 aliphatic carbocycles. The zero-order valence-corrected chi connectivity index (χ0v) is 12.2. The molecule has 0 saturated carbocycles. The fourth-order valence-electron chi connectivity index (χ4n) is 1.76. The van der Waals surface area contributed by atoms with Crippen LogP contribution in [-0.2, 0) is 20.7 Å². The molecule has 5 heteroatoms. The Balaban J connectivity index is 2.30. The Kier molecular flexibility index (Phi) is 7.95. The van der Waals surface area contributed by atoms with Crippen molar-refractivity contribution in [2.45, 2.75) is 6.42 Å². The normalized spacial score (nSPS) is 10.1. The molecular formula is C16H21NO4. The molecule has 0 unspecified atom stereocenters. The number of carboxylic acids is 1. The van der Waals surface area contributed by atoms with E-state index in [4.69, 9.17) is 21.0 Å². The lowest BCUT2D eigenvalue weighted by molar-refractivity contribution is -0.136. The summed E-state index contributed by atoms with van der Waals surface area (Å²) in [6, 6.07) is 7.49. The van der Waals surface area contributed by atoms with Crippen LogP contribution in [0, 0.1) is 12.3 Å². The Hall–Kier alpha value is -2.03. The number of hydrogen-bond donors (Lipinski definition) is 1. The highest BCUT2D eigenvalue weighted by Crippen LogP contribution is 2.15. The van der Waals surface area contributed by atoms with Crippen LogP contribution in [0.3, 0.4) is 0 Å². The number of carbonyl (C=O) groups is 1. The first-order valence-electron chi connectivity index (χ1n) is 6.74. The number of ether oxygens (including phenoxy) is 2. The van der Waals surface area contributed by atoms with E-state index in [1.54, 1.807) is 0 Å². The van der Waals surface area contributed by atoms with Gasteiger partial charge in [0.05, 0.1) is 26.2 Å². The number of carboxylic acid groups (broad SMARTS) is 1. The van der Waals surface area contributed by atoms with Gasteiger partial charge in [0, 0.05) is 19.3 Å². The van der Waals surface area contributed by atoms with E-state index >= 15 is 0 Å². The van der Waals surface area contributed by atoms with Gasteiger partial charge in [-0.15, -0.1) is 6.42 Å². The van der Waals surface area contributed by atoms with E-state index in [2.05, 4.69) is 5.92 Å². The number of hydrogen-bond acceptors (Lipinski definition) is 4. The highest BCUT2D eigenvalue weighted by Gasteiger charge is 2.04. The summed E-state index contributed by atoms with van der Waals surface area (Å²) in [7, 11) is 1.94. The predicted octanol–water partition coefficient (Wildman–Crippen LogP) is 1.42. The van der Waals surface area contributed by atoms with E-state index in [9.17, 15) is 4.79 Å². The summed E-state index contributed by atoms with van der Waals surface area (Å²) in [4.78, 5) is 12.7. The third-order valence-corrected chi connectivity index (χ3v) is 2.84. The first kappa shape index (κ1) is 17.0. The van der Waals surface area contributed by atoms with Crippen LogP contribution in [0.15, 0.2) is 24.3 Å². The summed E-state index contributed by atoms with van der Waals surface area (Å²) in [6.45, 7) is 2.58. The van der Waals surface area contributed by atoms with E-state index in [1.807, 2.05) is 36.2 Å². The van der Waals surface area contributed by atoms with Crippen LogP contribution >= 0.6 is 0 Å². The minimum absolute atomic E-state index is 0.0324. The number of aliphatic carboxylic acids is 1. The van der Waals surface area contributed by atoms with Gasteiger partial charge in [-0.05, 0) is 17.7 Å². The van der Waals surface area contributed by atoms with Gasteiger partial charge in [-0.2, -0.15) is 0 Å². The molecule has 21 heavy (non-hydrogen) atoms. The topological polar surface area (TPSA) is 59.0 Å². The fourth-order valence-corrected chi connectivity index (χ4v) is 1.76. The third kappa shape index (κ3) is 7.35. The third-order valence-electron chi connectivity index (χ3n) is 2.84. The van der Waals surface area contributed by atoms with Crippen molar-refractivity contribution in [1.82, 2.24) is 0 Å². The number of rotatable bonds is 10. The van der Waals surface area contributed by atoms with E-state index in [0.717, 1.165) is 11.3 Å². The Morgan fingerprint density at radius 2 is 2.10 bits per heavy atom. The van der Waals surface area contributed by atoms with Crippen LogP contribution in [0.4, 0.5) is 5.69 Å². The Morgan fingerprint density at radius 1 is 1.33 bits per heavy atom. The molecule has 0 fully saturated rings. The van der Waals surface area contributed by atoms with Crippen LogP contribution in [-0.4, -0.2) is 51.1 Å². The molecular weight excluding hydrogens is 270 g/mol.